The van der Waals surface area contributed by atoms with Crippen LogP contribution in [0.2, 0.25) is 0 Å². The average Bonchev–Trinajstić information content (AvgIpc) is 2.50. The summed E-state index contributed by atoms with van der Waals surface area (Å²) in [6.45, 7) is 7.95. The van der Waals surface area contributed by atoms with Crippen LogP contribution < -0.4 is 4.74 Å². The Morgan fingerprint density at radius 3 is 2.67 bits per heavy atom. The minimum atomic E-state index is -0.425. The highest BCUT2D eigenvalue weighted by molar-refractivity contribution is 9.10. The predicted molar refractivity (Wildman–Crippen MR) is 97.2 cm³/mol. The van der Waals surface area contributed by atoms with Crippen LogP contribution in [0, 0.1) is 5.92 Å². The van der Waals surface area contributed by atoms with Crippen molar-refractivity contribution in [2.75, 3.05) is 19.7 Å². The van der Waals surface area contributed by atoms with Gasteiger partial charge in [0.25, 0.3) is 0 Å². The summed E-state index contributed by atoms with van der Waals surface area (Å²) in [5, 5.41) is 0. The van der Waals surface area contributed by atoms with Gasteiger partial charge in [0, 0.05) is 19.2 Å². The molecule has 0 unspecified atom stereocenters. The quantitative estimate of drug-likeness (QED) is 0.534. The van der Waals surface area contributed by atoms with Gasteiger partial charge in [0.05, 0.1) is 6.61 Å². The molecular weight excluding hydrogens is 372 g/mol. The molecule has 1 amide bonds. The number of piperidine rings is 1. The number of carbonyl (C=O) groups is 1. The molecule has 0 aromatic carbocycles. The van der Waals surface area contributed by atoms with Crippen molar-refractivity contribution >= 4 is 22.0 Å². The number of halogens is 1. The molecule has 6 heteroatoms. The number of nitrogens with zero attached hydrogens (tertiary/aromatic N) is 2. The van der Waals surface area contributed by atoms with E-state index >= 15 is 0 Å². The Morgan fingerprint density at radius 2 is 2.04 bits per heavy atom. The van der Waals surface area contributed by atoms with Crippen LogP contribution in [0.15, 0.2) is 22.8 Å². The van der Waals surface area contributed by atoms with Gasteiger partial charge in [-0.05, 0) is 74.4 Å². The van der Waals surface area contributed by atoms with E-state index in [4.69, 9.17) is 9.47 Å². The second-order valence-electron chi connectivity index (χ2n) is 7.20. The topological polar surface area (TPSA) is 51.7 Å². The number of likely N-dealkylation sites (tertiary alicyclic amines) is 1. The van der Waals surface area contributed by atoms with E-state index in [1.807, 2.05) is 43.9 Å². The van der Waals surface area contributed by atoms with Crippen LogP contribution in [0.5, 0.6) is 5.88 Å². The van der Waals surface area contributed by atoms with Gasteiger partial charge in [-0.3, -0.25) is 0 Å². The lowest BCUT2D eigenvalue weighted by atomic mass is 9.92. The van der Waals surface area contributed by atoms with Crippen molar-refractivity contribution in [2.24, 2.45) is 5.92 Å². The Kier molecular flexibility index (Phi) is 6.90. The molecule has 1 saturated heterocycles. The molecule has 0 saturated carbocycles. The van der Waals surface area contributed by atoms with Crippen LogP contribution in [0.25, 0.3) is 0 Å². The molecule has 1 aromatic heterocycles. The zero-order valence-corrected chi connectivity index (χ0v) is 16.3. The lowest BCUT2D eigenvalue weighted by molar-refractivity contribution is 0.0179. The molecule has 134 valence electrons. The van der Waals surface area contributed by atoms with Gasteiger partial charge in [-0.25, -0.2) is 9.78 Å². The zero-order valence-electron chi connectivity index (χ0n) is 14.8. The monoisotopic (exact) mass is 398 g/mol. The lowest BCUT2D eigenvalue weighted by Gasteiger charge is -2.33. The third-order valence-corrected chi connectivity index (χ3v) is 4.40. The molecule has 0 spiro atoms. The highest BCUT2D eigenvalue weighted by atomic mass is 79.9. The first-order valence-corrected chi connectivity index (χ1v) is 9.36. The van der Waals surface area contributed by atoms with Crippen molar-refractivity contribution in [1.29, 1.82) is 0 Å². The fourth-order valence-electron chi connectivity index (χ4n) is 2.75. The van der Waals surface area contributed by atoms with Crippen LogP contribution in [-0.2, 0) is 4.74 Å². The highest BCUT2D eigenvalue weighted by Crippen LogP contribution is 2.23. The highest BCUT2D eigenvalue weighted by Gasteiger charge is 2.26. The normalized spacial score (nSPS) is 16.1. The van der Waals surface area contributed by atoms with E-state index in [9.17, 15) is 4.79 Å². The molecule has 0 radical (unpaired) electrons. The molecular formula is C18H27BrN2O3. The fourth-order valence-corrected chi connectivity index (χ4v) is 3.08. The third kappa shape index (κ3) is 6.67. The van der Waals surface area contributed by atoms with Crippen molar-refractivity contribution < 1.29 is 14.3 Å². The maximum absolute atomic E-state index is 12.0. The number of carbonyl (C=O) groups excluding carboxylic acids is 1. The van der Waals surface area contributed by atoms with Gasteiger partial charge in [-0.15, -0.1) is 0 Å². The maximum atomic E-state index is 12.0. The van der Waals surface area contributed by atoms with Gasteiger partial charge in [0.15, 0.2) is 0 Å². The van der Waals surface area contributed by atoms with E-state index < -0.39 is 5.60 Å². The van der Waals surface area contributed by atoms with Crippen LogP contribution in [0.4, 0.5) is 4.79 Å². The molecule has 1 aliphatic rings. The van der Waals surface area contributed by atoms with E-state index in [-0.39, 0.29) is 6.09 Å². The van der Waals surface area contributed by atoms with E-state index in [2.05, 4.69) is 20.9 Å². The lowest BCUT2D eigenvalue weighted by Crippen LogP contribution is -2.41. The molecule has 1 aromatic rings. The third-order valence-electron chi connectivity index (χ3n) is 3.96. The molecule has 1 fully saturated rings. The van der Waals surface area contributed by atoms with Gasteiger partial charge in [-0.1, -0.05) is 6.07 Å². The summed E-state index contributed by atoms with van der Waals surface area (Å²) in [7, 11) is 0. The molecule has 0 N–H and O–H groups in total. The Balaban J connectivity index is 1.62. The summed E-state index contributed by atoms with van der Waals surface area (Å²) in [6, 6.07) is 5.66. The molecule has 0 aliphatic carbocycles. The minimum absolute atomic E-state index is 0.190. The Labute approximate surface area is 152 Å². The van der Waals surface area contributed by atoms with E-state index in [1.54, 1.807) is 0 Å². The molecule has 0 atom stereocenters. The summed E-state index contributed by atoms with van der Waals surface area (Å²) in [6.07, 6.45) is 4.01. The van der Waals surface area contributed by atoms with Gasteiger partial charge < -0.3 is 14.4 Å². The fraction of sp³-hybridized carbons (Fsp3) is 0.667. The first-order valence-electron chi connectivity index (χ1n) is 8.57. The van der Waals surface area contributed by atoms with Crippen molar-refractivity contribution in [1.82, 2.24) is 9.88 Å². The van der Waals surface area contributed by atoms with Crippen LogP contribution in [0.3, 0.4) is 0 Å². The maximum Gasteiger partial charge on any atom is 0.410 e. The Bertz CT molecular complexity index is 537. The van der Waals surface area contributed by atoms with Crippen molar-refractivity contribution in [3.63, 3.8) is 0 Å². The van der Waals surface area contributed by atoms with Crippen molar-refractivity contribution in [2.45, 2.75) is 52.1 Å². The summed E-state index contributed by atoms with van der Waals surface area (Å²) >= 11 is 3.34. The first kappa shape index (κ1) is 19.0. The molecule has 24 heavy (non-hydrogen) atoms. The van der Waals surface area contributed by atoms with Crippen molar-refractivity contribution in [3.8, 4) is 5.88 Å². The number of hydrogen-bond acceptors (Lipinski definition) is 4. The number of amides is 1. The summed E-state index contributed by atoms with van der Waals surface area (Å²) in [5.41, 5.74) is -0.425. The number of hydrogen-bond donors (Lipinski definition) is 0. The largest absolute Gasteiger partial charge is 0.478 e. The second-order valence-corrected chi connectivity index (χ2v) is 8.01. The van der Waals surface area contributed by atoms with E-state index in [1.165, 1.54) is 0 Å². The standard InChI is InChI=1S/C18H27BrN2O3/c1-18(2,3)24-17(22)21-11-9-14(10-12-21)6-5-13-23-16-8-4-7-15(19)20-16/h4,7-8,14H,5-6,9-13H2,1-3H3. The van der Waals surface area contributed by atoms with Gasteiger partial charge in [-0.2, -0.15) is 0 Å². The second kappa shape index (κ2) is 8.70. The molecule has 5 nitrogen and oxygen atoms in total. The Morgan fingerprint density at radius 1 is 1.33 bits per heavy atom. The minimum Gasteiger partial charge on any atom is -0.478 e. The van der Waals surface area contributed by atoms with Crippen LogP contribution in [-0.4, -0.2) is 41.3 Å². The van der Waals surface area contributed by atoms with Crippen molar-refractivity contribution in [3.05, 3.63) is 22.8 Å². The summed E-state index contributed by atoms with van der Waals surface area (Å²) < 4.78 is 11.9. The Hall–Kier alpha value is -1.30. The SMILES string of the molecule is CC(C)(C)OC(=O)N1CCC(CCCOc2cccc(Br)n2)CC1. The summed E-state index contributed by atoms with van der Waals surface area (Å²) in [5.74, 6) is 1.31. The molecule has 2 heterocycles. The molecule has 0 bridgehead atoms. The van der Waals surface area contributed by atoms with Crippen LogP contribution >= 0.6 is 15.9 Å². The van der Waals surface area contributed by atoms with Crippen LogP contribution in [0.1, 0.15) is 46.5 Å². The van der Waals surface area contributed by atoms with E-state index in [0.29, 0.717) is 18.4 Å². The molecule has 2 rings (SSSR count). The predicted octanol–water partition coefficient (Wildman–Crippen LogP) is 4.65. The van der Waals surface area contributed by atoms with Gasteiger partial charge >= 0.3 is 6.09 Å². The number of ether oxygens (including phenoxy) is 2. The van der Waals surface area contributed by atoms with Gasteiger partial charge in [0.2, 0.25) is 5.88 Å². The smallest absolute Gasteiger partial charge is 0.410 e. The average molecular weight is 399 g/mol. The molecule has 1 aliphatic heterocycles. The van der Waals surface area contributed by atoms with E-state index in [0.717, 1.165) is 43.4 Å². The van der Waals surface area contributed by atoms with Gasteiger partial charge in [0.1, 0.15) is 10.2 Å². The number of rotatable bonds is 5. The summed E-state index contributed by atoms with van der Waals surface area (Å²) in [4.78, 5) is 18.1. The number of pyridine rings is 1. The number of aromatic nitrogens is 1. The zero-order chi connectivity index (χ0) is 17.6. The first-order chi connectivity index (χ1) is 11.3.